The molecule has 23 heavy (non-hydrogen) atoms. The van der Waals surface area contributed by atoms with Crippen molar-refractivity contribution in [3.05, 3.63) is 40.3 Å². The average Bonchev–Trinajstić information content (AvgIpc) is 2.93. The van der Waals surface area contributed by atoms with E-state index >= 15 is 0 Å². The highest BCUT2D eigenvalue weighted by molar-refractivity contribution is 7.23. The van der Waals surface area contributed by atoms with Crippen molar-refractivity contribution in [3.63, 3.8) is 0 Å². The molecule has 0 saturated carbocycles. The number of aromatic nitrogens is 2. The summed E-state index contributed by atoms with van der Waals surface area (Å²) >= 11 is 1.35. The highest BCUT2D eigenvalue weighted by atomic mass is 32.1. The molecule has 0 fully saturated rings. The number of likely N-dealkylation sites (N-methyl/N-ethyl adjacent to an activating group) is 1. The van der Waals surface area contributed by atoms with E-state index in [-0.39, 0.29) is 18.7 Å². The minimum absolute atomic E-state index is 0.0195. The second-order valence-corrected chi connectivity index (χ2v) is 5.99. The molecule has 0 unspecified atom stereocenters. The van der Waals surface area contributed by atoms with E-state index in [1.807, 2.05) is 6.07 Å². The molecule has 1 amide bonds. The van der Waals surface area contributed by atoms with Gasteiger partial charge in [-0.05, 0) is 18.2 Å². The van der Waals surface area contributed by atoms with Crippen LogP contribution in [0.4, 0.5) is 0 Å². The summed E-state index contributed by atoms with van der Waals surface area (Å²) < 4.78 is 7.46. The van der Waals surface area contributed by atoms with Gasteiger partial charge in [0.05, 0.1) is 23.9 Å². The molecule has 3 rings (SSSR count). The molecule has 0 radical (unpaired) electrons. The summed E-state index contributed by atoms with van der Waals surface area (Å²) in [4.78, 5) is 31.0. The lowest BCUT2D eigenvalue weighted by atomic mass is 10.3. The van der Waals surface area contributed by atoms with Crippen LogP contribution in [0.2, 0.25) is 0 Å². The van der Waals surface area contributed by atoms with Crippen LogP contribution in [0.5, 0.6) is 5.75 Å². The molecule has 0 aliphatic rings. The van der Waals surface area contributed by atoms with Crippen molar-refractivity contribution in [2.24, 2.45) is 0 Å². The second kappa shape index (κ2) is 5.98. The Morgan fingerprint density at radius 2 is 2.26 bits per heavy atom. The van der Waals surface area contributed by atoms with Crippen molar-refractivity contribution in [1.82, 2.24) is 14.3 Å². The van der Waals surface area contributed by atoms with Gasteiger partial charge in [0.2, 0.25) is 0 Å². The van der Waals surface area contributed by atoms with Crippen LogP contribution in [0, 0.1) is 0 Å². The van der Waals surface area contributed by atoms with Gasteiger partial charge in [0.25, 0.3) is 11.5 Å². The highest BCUT2D eigenvalue weighted by Crippen LogP contribution is 2.27. The predicted molar refractivity (Wildman–Crippen MR) is 87.4 cm³/mol. The van der Waals surface area contributed by atoms with E-state index in [4.69, 9.17) is 9.84 Å². The molecule has 0 spiro atoms. The van der Waals surface area contributed by atoms with Gasteiger partial charge in [-0.25, -0.2) is 4.98 Å². The fourth-order valence-corrected chi connectivity index (χ4v) is 3.33. The van der Waals surface area contributed by atoms with Gasteiger partial charge in [0, 0.05) is 19.8 Å². The van der Waals surface area contributed by atoms with E-state index in [1.165, 1.54) is 33.9 Å². The number of amides is 1. The first-order chi connectivity index (χ1) is 11.1. The van der Waals surface area contributed by atoms with Crippen LogP contribution >= 0.6 is 11.3 Å². The van der Waals surface area contributed by atoms with Crippen LogP contribution in [-0.2, 0) is 0 Å². The van der Waals surface area contributed by atoms with Gasteiger partial charge in [-0.15, -0.1) is 0 Å². The summed E-state index contributed by atoms with van der Waals surface area (Å²) in [6.45, 7) is -0.0109. The highest BCUT2D eigenvalue weighted by Gasteiger charge is 2.19. The molecule has 0 atom stereocenters. The van der Waals surface area contributed by atoms with Crippen LogP contribution in [0.1, 0.15) is 10.4 Å². The Morgan fingerprint density at radius 1 is 1.48 bits per heavy atom. The number of benzene rings is 1. The normalized spacial score (nSPS) is 11.1. The number of fused-ring (bicyclic) bond motifs is 3. The molecule has 2 aromatic heterocycles. The van der Waals surface area contributed by atoms with E-state index in [0.29, 0.717) is 16.2 Å². The summed E-state index contributed by atoms with van der Waals surface area (Å²) in [5.74, 6) is 0.231. The monoisotopic (exact) mass is 333 g/mol. The fraction of sp³-hybridized carbons (Fsp3) is 0.267. The maximum atomic E-state index is 12.7. The summed E-state index contributed by atoms with van der Waals surface area (Å²) in [6.07, 6.45) is 1.29. The van der Waals surface area contributed by atoms with E-state index in [1.54, 1.807) is 19.2 Å². The minimum Gasteiger partial charge on any atom is -0.497 e. The third kappa shape index (κ3) is 2.55. The van der Waals surface area contributed by atoms with Crippen molar-refractivity contribution in [3.8, 4) is 5.75 Å². The van der Waals surface area contributed by atoms with Crippen molar-refractivity contribution in [2.75, 3.05) is 27.3 Å². The molecule has 1 N–H and O–H groups in total. The number of carbonyl (C=O) groups excluding carboxylic acids is 1. The lowest BCUT2D eigenvalue weighted by molar-refractivity contribution is 0.0764. The molecule has 0 bridgehead atoms. The van der Waals surface area contributed by atoms with Gasteiger partial charge in [0.15, 0.2) is 4.96 Å². The number of hydrogen-bond donors (Lipinski definition) is 1. The Kier molecular flexibility index (Phi) is 4.01. The first-order valence-corrected chi connectivity index (χ1v) is 7.73. The van der Waals surface area contributed by atoms with E-state index in [9.17, 15) is 9.59 Å². The SMILES string of the molecule is COc1ccc2c(c1)sc1ncc(C(=O)N(C)CCO)c(=O)n12. The quantitative estimate of drug-likeness (QED) is 0.769. The summed E-state index contributed by atoms with van der Waals surface area (Å²) in [5, 5.41) is 8.93. The van der Waals surface area contributed by atoms with Gasteiger partial charge in [-0.1, -0.05) is 11.3 Å². The molecule has 0 aliphatic heterocycles. The molecule has 120 valence electrons. The zero-order valence-corrected chi connectivity index (χ0v) is 13.5. The van der Waals surface area contributed by atoms with Crippen LogP contribution in [0.3, 0.4) is 0 Å². The number of hydrogen-bond acceptors (Lipinski definition) is 6. The van der Waals surface area contributed by atoms with Crippen molar-refractivity contribution in [2.45, 2.75) is 0 Å². The van der Waals surface area contributed by atoms with Crippen LogP contribution < -0.4 is 10.3 Å². The number of methoxy groups -OCH3 is 1. The van der Waals surface area contributed by atoms with Gasteiger partial charge >= 0.3 is 0 Å². The maximum absolute atomic E-state index is 12.7. The molecular weight excluding hydrogens is 318 g/mol. The lowest BCUT2D eigenvalue weighted by Gasteiger charge is -2.14. The van der Waals surface area contributed by atoms with Crippen LogP contribution in [0.15, 0.2) is 29.2 Å². The maximum Gasteiger partial charge on any atom is 0.271 e. The molecule has 0 aliphatic carbocycles. The van der Waals surface area contributed by atoms with Crippen molar-refractivity contribution < 1.29 is 14.6 Å². The largest absolute Gasteiger partial charge is 0.497 e. The Labute approximate surface area is 135 Å². The number of thiazole rings is 1. The molecule has 7 nitrogen and oxygen atoms in total. The van der Waals surface area contributed by atoms with Gasteiger partial charge in [-0.2, -0.15) is 0 Å². The van der Waals surface area contributed by atoms with E-state index in [2.05, 4.69) is 4.98 Å². The zero-order valence-electron chi connectivity index (χ0n) is 12.6. The van der Waals surface area contributed by atoms with Gasteiger partial charge < -0.3 is 14.7 Å². The number of aliphatic hydroxyl groups excluding tert-OH is 1. The zero-order chi connectivity index (χ0) is 16.6. The molecule has 2 heterocycles. The predicted octanol–water partition coefficient (Wildman–Crippen LogP) is 0.982. The number of nitrogens with zero attached hydrogens (tertiary/aromatic N) is 3. The average molecular weight is 333 g/mol. The van der Waals surface area contributed by atoms with E-state index < -0.39 is 11.5 Å². The molecule has 8 heteroatoms. The summed E-state index contributed by atoms with van der Waals surface area (Å²) in [5.41, 5.74) is 0.248. The van der Waals surface area contributed by atoms with Crippen molar-refractivity contribution >= 4 is 32.4 Å². The summed E-state index contributed by atoms with van der Waals surface area (Å²) in [6, 6.07) is 5.35. The minimum atomic E-state index is -0.459. The number of rotatable bonds is 4. The Morgan fingerprint density at radius 3 is 2.96 bits per heavy atom. The van der Waals surface area contributed by atoms with Crippen LogP contribution in [-0.4, -0.2) is 52.6 Å². The topological polar surface area (TPSA) is 84.1 Å². The number of aliphatic hydroxyl groups is 1. The fourth-order valence-electron chi connectivity index (χ4n) is 2.31. The van der Waals surface area contributed by atoms with Crippen LogP contribution in [0.25, 0.3) is 15.2 Å². The smallest absolute Gasteiger partial charge is 0.271 e. The van der Waals surface area contributed by atoms with Gasteiger partial charge in [0.1, 0.15) is 11.3 Å². The van der Waals surface area contributed by atoms with E-state index in [0.717, 1.165) is 4.70 Å². The number of ether oxygens (including phenoxy) is 1. The van der Waals surface area contributed by atoms with Crippen molar-refractivity contribution in [1.29, 1.82) is 0 Å². The first-order valence-electron chi connectivity index (χ1n) is 6.91. The third-order valence-corrected chi connectivity index (χ3v) is 4.57. The molecule has 3 aromatic rings. The Balaban J connectivity index is 2.20. The number of carbonyl (C=O) groups is 1. The van der Waals surface area contributed by atoms with Gasteiger partial charge in [-0.3, -0.25) is 14.0 Å². The third-order valence-electron chi connectivity index (χ3n) is 3.55. The first kappa shape index (κ1) is 15.4. The Hall–Kier alpha value is -2.45. The molecule has 1 aromatic carbocycles. The molecular formula is C15H15N3O4S. The second-order valence-electron chi connectivity index (χ2n) is 4.98. The standard InChI is InChI=1S/C15H15N3O4S/c1-17(5-6-19)13(20)10-8-16-15-18(14(10)21)11-4-3-9(22-2)7-12(11)23-15/h3-4,7-8,19H,5-6H2,1-2H3. The summed E-state index contributed by atoms with van der Waals surface area (Å²) in [7, 11) is 3.11. The Bertz CT molecular complexity index is 947. The lowest BCUT2D eigenvalue weighted by Crippen LogP contribution is -2.34. The molecule has 0 saturated heterocycles.